The fourth-order valence-corrected chi connectivity index (χ4v) is 1.53. The van der Waals surface area contributed by atoms with E-state index in [1.165, 1.54) is 6.92 Å². The average molecular weight is 220 g/mol. The number of H-pyrrole nitrogens is 1. The Balaban J connectivity index is 2.13. The van der Waals surface area contributed by atoms with E-state index in [4.69, 9.17) is 4.42 Å². The third kappa shape index (κ3) is 2.31. The zero-order valence-electron chi connectivity index (χ0n) is 8.87. The standard InChI is InChI=1S/C11H12N2O3/c1-7(14)12-5-4-8-2-3-9-10(6-8)16-11(15)13-9/h2-3,6H,4-5H2,1H3,(H,12,14)(H,13,15). The number of hydrogen-bond acceptors (Lipinski definition) is 3. The summed E-state index contributed by atoms with van der Waals surface area (Å²) in [6.45, 7) is 2.06. The van der Waals surface area contributed by atoms with Gasteiger partial charge in [-0.1, -0.05) is 6.07 Å². The van der Waals surface area contributed by atoms with E-state index in [0.29, 0.717) is 24.1 Å². The lowest BCUT2D eigenvalue weighted by molar-refractivity contribution is -0.118. The molecular formula is C11H12N2O3. The van der Waals surface area contributed by atoms with Gasteiger partial charge in [0.25, 0.3) is 0 Å². The first-order valence-corrected chi connectivity index (χ1v) is 5.01. The summed E-state index contributed by atoms with van der Waals surface area (Å²) in [4.78, 5) is 24.2. The van der Waals surface area contributed by atoms with E-state index in [9.17, 15) is 9.59 Å². The van der Waals surface area contributed by atoms with Crippen molar-refractivity contribution in [1.29, 1.82) is 0 Å². The molecule has 1 amide bonds. The number of hydrogen-bond donors (Lipinski definition) is 2. The highest BCUT2D eigenvalue weighted by Crippen LogP contribution is 2.12. The van der Waals surface area contributed by atoms with Crippen LogP contribution in [0.1, 0.15) is 12.5 Å². The van der Waals surface area contributed by atoms with E-state index in [0.717, 1.165) is 5.56 Å². The molecule has 0 fully saturated rings. The minimum absolute atomic E-state index is 0.0470. The molecule has 0 aliphatic rings. The fraction of sp³-hybridized carbons (Fsp3) is 0.273. The molecule has 2 aromatic rings. The maximum Gasteiger partial charge on any atom is 0.417 e. The summed E-state index contributed by atoms with van der Waals surface area (Å²) in [6.07, 6.45) is 0.713. The predicted octanol–water partition coefficient (Wildman–Crippen LogP) is 0.800. The summed E-state index contributed by atoms with van der Waals surface area (Å²) in [6, 6.07) is 5.49. The lowest BCUT2D eigenvalue weighted by Gasteiger charge is -2.01. The predicted molar refractivity (Wildman–Crippen MR) is 59.2 cm³/mol. The smallest absolute Gasteiger partial charge is 0.408 e. The van der Waals surface area contributed by atoms with Crippen molar-refractivity contribution in [3.05, 3.63) is 34.3 Å². The van der Waals surface area contributed by atoms with Crippen LogP contribution in [0.3, 0.4) is 0 Å². The summed E-state index contributed by atoms with van der Waals surface area (Å²) < 4.78 is 4.94. The summed E-state index contributed by atoms with van der Waals surface area (Å²) in [5.41, 5.74) is 2.25. The molecule has 0 radical (unpaired) electrons. The average Bonchev–Trinajstić information content (AvgIpc) is 2.56. The van der Waals surface area contributed by atoms with E-state index in [1.807, 2.05) is 6.07 Å². The molecule has 0 saturated heterocycles. The molecule has 1 aromatic heterocycles. The lowest BCUT2D eigenvalue weighted by atomic mass is 10.1. The third-order valence-electron chi connectivity index (χ3n) is 2.27. The molecule has 16 heavy (non-hydrogen) atoms. The highest BCUT2D eigenvalue weighted by molar-refractivity contribution is 5.73. The van der Waals surface area contributed by atoms with Gasteiger partial charge in [-0.15, -0.1) is 0 Å². The largest absolute Gasteiger partial charge is 0.417 e. The first-order valence-electron chi connectivity index (χ1n) is 5.01. The second-order valence-electron chi connectivity index (χ2n) is 3.58. The van der Waals surface area contributed by atoms with Crippen LogP contribution in [0.4, 0.5) is 0 Å². The Labute approximate surface area is 91.5 Å². The Bertz CT molecular complexity index is 568. The van der Waals surface area contributed by atoms with Crippen molar-refractivity contribution in [2.24, 2.45) is 0 Å². The quantitative estimate of drug-likeness (QED) is 0.803. The number of benzene rings is 1. The number of rotatable bonds is 3. The van der Waals surface area contributed by atoms with Crippen molar-refractivity contribution in [2.75, 3.05) is 6.54 Å². The van der Waals surface area contributed by atoms with E-state index in [2.05, 4.69) is 10.3 Å². The van der Waals surface area contributed by atoms with Crippen LogP contribution in [0.15, 0.2) is 27.4 Å². The number of amides is 1. The SMILES string of the molecule is CC(=O)NCCc1ccc2[nH]c(=O)oc2c1. The Kier molecular flexibility index (Phi) is 2.76. The highest BCUT2D eigenvalue weighted by atomic mass is 16.4. The molecule has 0 spiro atoms. The second-order valence-corrected chi connectivity index (χ2v) is 3.58. The molecule has 1 heterocycles. The molecule has 2 N–H and O–H groups in total. The fourth-order valence-electron chi connectivity index (χ4n) is 1.53. The van der Waals surface area contributed by atoms with Gasteiger partial charge in [-0.05, 0) is 24.1 Å². The number of carbonyl (C=O) groups is 1. The summed E-state index contributed by atoms with van der Waals surface area (Å²) >= 11 is 0. The molecule has 1 aromatic carbocycles. The summed E-state index contributed by atoms with van der Waals surface area (Å²) in [5.74, 6) is -0.497. The van der Waals surface area contributed by atoms with Gasteiger partial charge in [-0.3, -0.25) is 9.78 Å². The van der Waals surface area contributed by atoms with Gasteiger partial charge >= 0.3 is 5.76 Å². The second kappa shape index (κ2) is 4.22. The van der Waals surface area contributed by atoms with Gasteiger partial charge in [0.05, 0.1) is 5.52 Å². The van der Waals surface area contributed by atoms with E-state index >= 15 is 0 Å². The molecule has 0 aliphatic carbocycles. The van der Waals surface area contributed by atoms with Crippen molar-refractivity contribution in [3.63, 3.8) is 0 Å². The molecule has 0 unspecified atom stereocenters. The maximum absolute atomic E-state index is 10.9. The van der Waals surface area contributed by atoms with Crippen LogP contribution in [0, 0.1) is 0 Å². The van der Waals surface area contributed by atoms with Crippen LogP contribution < -0.4 is 11.1 Å². The van der Waals surface area contributed by atoms with Crippen LogP contribution >= 0.6 is 0 Å². The van der Waals surface area contributed by atoms with Crippen LogP contribution in [-0.4, -0.2) is 17.4 Å². The van der Waals surface area contributed by atoms with Gasteiger partial charge < -0.3 is 9.73 Å². The minimum atomic E-state index is -0.450. The van der Waals surface area contributed by atoms with E-state index in [-0.39, 0.29) is 5.91 Å². The molecule has 0 bridgehead atoms. The topological polar surface area (TPSA) is 75.1 Å². The van der Waals surface area contributed by atoms with Crippen molar-refractivity contribution >= 4 is 17.0 Å². The molecule has 5 nitrogen and oxygen atoms in total. The molecular weight excluding hydrogens is 208 g/mol. The maximum atomic E-state index is 10.9. The summed E-state index contributed by atoms with van der Waals surface area (Å²) in [5, 5.41) is 2.71. The lowest BCUT2D eigenvalue weighted by Crippen LogP contribution is -2.22. The van der Waals surface area contributed by atoms with Gasteiger partial charge in [0.1, 0.15) is 0 Å². The van der Waals surface area contributed by atoms with Gasteiger partial charge in [0.15, 0.2) is 5.58 Å². The molecule has 0 atom stereocenters. The first kappa shape index (κ1) is 10.5. The number of aromatic amines is 1. The summed E-state index contributed by atoms with van der Waals surface area (Å²) in [7, 11) is 0. The molecule has 5 heteroatoms. The Morgan fingerprint density at radius 3 is 3.06 bits per heavy atom. The van der Waals surface area contributed by atoms with Gasteiger partial charge in [0, 0.05) is 13.5 Å². The van der Waals surface area contributed by atoms with Crippen LogP contribution in [0.25, 0.3) is 11.1 Å². The monoisotopic (exact) mass is 220 g/mol. The van der Waals surface area contributed by atoms with Gasteiger partial charge in [-0.25, -0.2) is 4.79 Å². The minimum Gasteiger partial charge on any atom is -0.408 e. The first-order chi connectivity index (χ1) is 7.65. The number of fused-ring (bicyclic) bond motifs is 1. The number of carbonyl (C=O) groups excluding carboxylic acids is 1. The number of aromatic nitrogens is 1. The Hall–Kier alpha value is -2.04. The zero-order chi connectivity index (χ0) is 11.5. The number of nitrogens with one attached hydrogen (secondary N) is 2. The van der Waals surface area contributed by atoms with Crippen molar-refractivity contribution in [1.82, 2.24) is 10.3 Å². The normalized spacial score (nSPS) is 10.6. The van der Waals surface area contributed by atoms with E-state index < -0.39 is 5.76 Å². The van der Waals surface area contributed by atoms with Gasteiger partial charge in [0.2, 0.25) is 5.91 Å². The van der Waals surface area contributed by atoms with Crippen LogP contribution in [0.2, 0.25) is 0 Å². The molecule has 0 aliphatic heterocycles. The Morgan fingerprint density at radius 1 is 1.50 bits per heavy atom. The van der Waals surface area contributed by atoms with Gasteiger partial charge in [-0.2, -0.15) is 0 Å². The van der Waals surface area contributed by atoms with E-state index in [1.54, 1.807) is 12.1 Å². The van der Waals surface area contributed by atoms with Crippen molar-refractivity contribution in [3.8, 4) is 0 Å². The van der Waals surface area contributed by atoms with Crippen molar-refractivity contribution < 1.29 is 9.21 Å². The number of oxazole rings is 1. The highest BCUT2D eigenvalue weighted by Gasteiger charge is 2.02. The Morgan fingerprint density at radius 2 is 2.31 bits per heavy atom. The van der Waals surface area contributed by atoms with Crippen LogP contribution in [-0.2, 0) is 11.2 Å². The molecule has 84 valence electrons. The third-order valence-corrected chi connectivity index (χ3v) is 2.27. The molecule has 2 rings (SSSR count). The zero-order valence-corrected chi connectivity index (χ0v) is 8.87. The molecule has 0 saturated carbocycles. The van der Waals surface area contributed by atoms with Crippen LogP contribution in [0.5, 0.6) is 0 Å². The van der Waals surface area contributed by atoms with Crippen molar-refractivity contribution in [2.45, 2.75) is 13.3 Å².